The quantitative estimate of drug-likeness (QED) is 0.771. The number of terminal acetylenes is 1. The van der Waals surface area contributed by atoms with Crippen molar-refractivity contribution in [3.63, 3.8) is 0 Å². The van der Waals surface area contributed by atoms with E-state index in [0.29, 0.717) is 6.42 Å². The van der Waals surface area contributed by atoms with Crippen LogP contribution < -0.4 is 0 Å². The number of thiazole rings is 1. The minimum absolute atomic E-state index is 0.353. The van der Waals surface area contributed by atoms with Gasteiger partial charge in [0.05, 0.1) is 16.8 Å². The van der Waals surface area contributed by atoms with E-state index in [0.717, 1.165) is 16.3 Å². The minimum Gasteiger partial charge on any atom is -0.388 e. The van der Waals surface area contributed by atoms with Crippen LogP contribution in [0, 0.1) is 19.3 Å². The van der Waals surface area contributed by atoms with Crippen LogP contribution in [0.15, 0.2) is 11.0 Å². The first kappa shape index (κ1) is 11.0. The Hall–Kier alpha value is -1.11. The summed E-state index contributed by atoms with van der Waals surface area (Å²) in [5.41, 5.74) is 1.74. The van der Waals surface area contributed by atoms with Gasteiger partial charge in [-0.05, 0) is 25.5 Å². The fourth-order valence-corrected chi connectivity index (χ4v) is 1.62. The van der Waals surface area contributed by atoms with Gasteiger partial charge in [-0.2, -0.15) is 0 Å². The molecule has 14 heavy (non-hydrogen) atoms. The smallest absolute Gasteiger partial charge is 0.0901 e. The highest BCUT2D eigenvalue weighted by Crippen LogP contribution is 2.14. The molecule has 0 aromatic carbocycles. The first-order valence-electron chi connectivity index (χ1n) is 4.35. The predicted octanol–water partition coefficient (Wildman–Crippen LogP) is 2.24. The van der Waals surface area contributed by atoms with Crippen molar-refractivity contribution >= 4 is 17.4 Å². The minimum atomic E-state index is -0.554. The van der Waals surface area contributed by atoms with E-state index >= 15 is 0 Å². The van der Waals surface area contributed by atoms with E-state index in [4.69, 9.17) is 6.42 Å². The van der Waals surface area contributed by atoms with E-state index in [1.807, 2.05) is 25.3 Å². The summed E-state index contributed by atoms with van der Waals surface area (Å²) >= 11 is 1.59. The van der Waals surface area contributed by atoms with Gasteiger partial charge in [0.25, 0.3) is 0 Å². The van der Waals surface area contributed by atoms with Gasteiger partial charge >= 0.3 is 0 Å². The molecule has 0 spiro atoms. The Morgan fingerprint density at radius 1 is 1.86 bits per heavy atom. The fraction of sp³-hybridized carbons (Fsp3) is 0.364. The maximum atomic E-state index is 9.55. The van der Waals surface area contributed by atoms with Crippen molar-refractivity contribution in [3.8, 4) is 12.3 Å². The molecule has 0 aliphatic carbocycles. The molecule has 3 heteroatoms. The van der Waals surface area contributed by atoms with Gasteiger partial charge in [-0.15, -0.1) is 23.7 Å². The highest BCUT2D eigenvalue weighted by molar-refractivity contribution is 7.09. The molecule has 1 heterocycles. The molecule has 0 radical (unpaired) electrons. The van der Waals surface area contributed by atoms with Crippen LogP contribution in [0.4, 0.5) is 0 Å². The highest BCUT2D eigenvalue weighted by Gasteiger charge is 2.04. The van der Waals surface area contributed by atoms with Crippen LogP contribution in [0.25, 0.3) is 6.08 Å². The van der Waals surface area contributed by atoms with E-state index < -0.39 is 6.10 Å². The SMILES string of the molecule is C#CC[C@@H](O)/C(C)=C/c1csc(C)n1. The third-order valence-corrected chi connectivity index (χ3v) is 2.64. The van der Waals surface area contributed by atoms with Gasteiger partial charge in [0.2, 0.25) is 0 Å². The number of aliphatic hydroxyl groups is 1. The molecule has 0 fully saturated rings. The average molecular weight is 207 g/mol. The zero-order chi connectivity index (χ0) is 10.6. The summed E-state index contributed by atoms with van der Waals surface area (Å²) in [6, 6.07) is 0. The van der Waals surface area contributed by atoms with Crippen molar-refractivity contribution in [2.24, 2.45) is 0 Å². The third-order valence-electron chi connectivity index (χ3n) is 1.85. The van der Waals surface area contributed by atoms with E-state index in [9.17, 15) is 5.11 Å². The summed E-state index contributed by atoms with van der Waals surface area (Å²) in [6.07, 6.45) is 6.78. The number of aryl methyl sites for hydroxylation is 1. The second-order valence-electron chi connectivity index (χ2n) is 3.10. The standard InChI is InChI=1S/C11H13NOS/c1-4-5-11(13)8(2)6-10-7-14-9(3)12-10/h1,6-7,11,13H,5H2,2-3H3/b8-6+/t11-/m1/s1. The van der Waals surface area contributed by atoms with E-state index in [1.54, 1.807) is 11.3 Å². The summed E-state index contributed by atoms with van der Waals surface area (Å²) in [7, 11) is 0. The van der Waals surface area contributed by atoms with E-state index in [-0.39, 0.29) is 0 Å². The first-order chi connectivity index (χ1) is 6.63. The van der Waals surface area contributed by atoms with Crippen molar-refractivity contribution in [2.45, 2.75) is 26.4 Å². The molecule has 0 aliphatic heterocycles. The van der Waals surface area contributed by atoms with E-state index in [1.165, 1.54) is 0 Å². The molecule has 1 aromatic heterocycles. The van der Waals surface area contributed by atoms with Crippen LogP contribution in [-0.4, -0.2) is 16.2 Å². The van der Waals surface area contributed by atoms with Crippen molar-refractivity contribution < 1.29 is 5.11 Å². The van der Waals surface area contributed by atoms with E-state index in [2.05, 4.69) is 10.9 Å². The Morgan fingerprint density at radius 3 is 3.07 bits per heavy atom. The lowest BCUT2D eigenvalue weighted by Gasteiger charge is -2.05. The molecule has 1 aromatic rings. The summed E-state index contributed by atoms with van der Waals surface area (Å²) < 4.78 is 0. The molecule has 0 saturated heterocycles. The molecule has 0 bridgehead atoms. The van der Waals surface area contributed by atoms with Crippen LogP contribution in [0.2, 0.25) is 0 Å². The Balaban J connectivity index is 2.73. The van der Waals surface area contributed by atoms with Gasteiger partial charge in [0.1, 0.15) is 0 Å². The maximum Gasteiger partial charge on any atom is 0.0901 e. The largest absolute Gasteiger partial charge is 0.388 e. The monoisotopic (exact) mass is 207 g/mol. The number of rotatable bonds is 3. The van der Waals surface area contributed by atoms with Crippen molar-refractivity contribution in [1.82, 2.24) is 4.98 Å². The molecule has 2 nitrogen and oxygen atoms in total. The first-order valence-corrected chi connectivity index (χ1v) is 5.23. The maximum absolute atomic E-state index is 9.55. The number of aliphatic hydroxyl groups excluding tert-OH is 1. The third kappa shape index (κ3) is 2.99. The van der Waals surface area contributed by atoms with Gasteiger partial charge in [-0.1, -0.05) is 0 Å². The number of hydrogen-bond donors (Lipinski definition) is 1. The number of aromatic nitrogens is 1. The summed E-state index contributed by atoms with van der Waals surface area (Å²) in [4.78, 5) is 4.27. The van der Waals surface area contributed by atoms with Gasteiger partial charge < -0.3 is 5.11 Å². The van der Waals surface area contributed by atoms with Crippen molar-refractivity contribution in [3.05, 3.63) is 21.7 Å². The zero-order valence-corrected chi connectivity index (χ0v) is 9.14. The molecular formula is C11H13NOS. The second kappa shape index (κ2) is 4.94. The normalized spacial score (nSPS) is 13.7. The zero-order valence-electron chi connectivity index (χ0n) is 8.32. The van der Waals surface area contributed by atoms with Crippen LogP contribution in [0.3, 0.4) is 0 Å². The second-order valence-corrected chi connectivity index (χ2v) is 4.17. The Labute approximate surface area is 88.3 Å². The molecular weight excluding hydrogens is 194 g/mol. The molecule has 0 aliphatic rings. The summed E-state index contributed by atoms with van der Waals surface area (Å²) in [6.45, 7) is 3.81. The predicted molar refractivity (Wildman–Crippen MR) is 60.0 cm³/mol. The van der Waals surface area contributed by atoms with Gasteiger partial charge in [-0.25, -0.2) is 4.98 Å². The van der Waals surface area contributed by atoms with Gasteiger partial charge in [-0.3, -0.25) is 0 Å². The molecule has 1 rings (SSSR count). The Morgan fingerprint density at radius 2 is 2.57 bits per heavy atom. The van der Waals surface area contributed by atoms with Crippen LogP contribution in [-0.2, 0) is 0 Å². The van der Waals surface area contributed by atoms with Crippen LogP contribution >= 0.6 is 11.3 Å². The molecule has 1 N–H and O–H groups in total. The molecule has 74 valence electrons. The highest BCUT2D eigenvalue weighted by atomic mass is 32.1. The summed E-state index contributed by atoms with van der Waals surface area (Å²) in [5, 5.41) is 12.5. The average Bonchev–Trinajstić information content (AvgIpc) is 2.51. The molecule has 0 unspecified atom stereocenters. The van der Waals surface area contributed by atoms with Crippen LogP contribution in [0.5, 0.6) is 0 Å². The molecule has 0 amide bonds. The lowest BCUT2D eigenvalue weighted by molar-refractivity contribution is 0.218. The lowest BCUT2D eigenvalue weighted by Crippen LogP contribution is -2.06. The molecule has 0 saturated carbocycles. The topological polar surface area (TPSA) is 33.1 Å². The fourth-order valence-electron chi connectivity index (χ4n) is 1.05. The van der Waals surface area contributed by atoms with Crippen molar-refractivity contribution in [1.29, 1.82) is 0 Å². The summed E-state index contributed by atoms with van der Waals surface area (Å²) in [5.74, 6) is 2.43. The Kier molecular flexibility index (Phi) is 3.87. The van der Waals surface area contributed by atoms with Crippen LogP contribution in [0.1, 0.15) is 24.0 Å². The number of hydrogen-bond acceptors (Lipinski definition) is 3. The van der Waals surface area contributed by atoms with Crippen molar-refractivity contribution in [2.75, 3.05) is 0 Å². The van der Waals surface area contributed by atoms with Gasteiger partial charge in [0.15, 0.2) is 0 Å². The Bertz CT molecular complexity index is 373. The number of nitrogens with zero attached hydrogens (tertiary/aromatic N) is 1. The lowest BCUT2D eigenvalue weighted by atomic mass is 10.1. The van der Waals surface area contributed by atoms with Gasteiger partial charge in [0, 0.05) is 11.8 Å². The molecule has 1 atom stereocenters.